The Kier molecular flexibility index (Phi) is 8.38. The van der Waals surface area contributed by atoms with Gasteiger partial charge in [0, 0.05) is 0 Å². The second-order valence-electron chi connectivity index (χ2n) is 9.62. The summed E-state index contributed by atoms with van der Waals surface area (Å²) in [6.07, 6.45) is 14.4. The van der Waals surface area contributed by atoms with Crippen LogP contribution >= 0.6 is 0 Å². The molecular formula is C26H40F2O. The number of rotatable bonds is 8. The van der Waals surface area contributed by atoms with Crippen molar-refractivity contribution >= 4 is 0 Å². The van der Waals surface area contributed by atoms with Crippen molar-refractivity contribution in [3.05, 3.63) is 28.8 Å². The second kappa shape index (κ2) is 10.8. The Morgan fingerprint density at radius 1 is 0.862 bits per heavy atom. The van der Waals surface area contributed by atoms with Crippen LogP contribution < -0.4 is 4.74 Å². The Labute approximate surface area is 176 Å². The molecule has 164 valence electrons. The van der Waals surface area contributed by atoms with Gasteiger partial charge < -0.3 is 4.74 Å². The summed E-state index contributed by atoms with van der Waals surface area (Å²) < 4.78 is 35.0. The maximum absolute atomic E-state index is 14.9. The van der Waals surface area contributed by atoms with Crippen LogP contribution in [-0.2, 0) is 0 Å². The maximum Gasteiger partial charge on any atom is 0.200 e. The monoisotopic (exact) mass is 406 g/mol. The molecule has 3 rings (SSSR count). The molecule has 0 N–H and O–H groups in total. The Morgan fingerprint density at radius 3 is 2.07 bits per heavy atom. The number of hydrogen-bond donors (Lipinski definition) is 0. The summed E-state index contributed by atoms with van der Waals surface area (Å²) >= 11 is 0. The van der Waals surface area contributed by atoms with Crippen molar-refractivity contribution < 1.29 is 13.5 Å². The highest BCUT2D eigenvalue weighted by Crippen LogP contribution is 2.46. The van der Waals surface area contributed by atoms with Crippen molar-refractivity contribution in [2.24, 2.45) is 17.8 Å². The highest BCUT2D eigenvalue weighted by molar-refractivity contribution is 5.40. The molecule has 0 spiro atoms. The van der Waals surface area contributed by atoms with Crippen molar-refractivity contribution in [1.82, 2.24) is 0 Å². The summed E-state index contributed by atoms with van der Waals surface area (Å²) in [7, 11) is 0. The minimum atomic E-state index is -0.793. The summed E-state index contributed by atoms with van der Waals surface area (Å²) in [4.78, 5) is 0. The molecular weight excluding hydrogens is 366 g/mol. The third-order valence-electron chi connectivity index (χ3n) is 7.61. The number of ether oxygens (including phenoxy) is 1. The predicted octanol–water partition coefficient (Wildman–Crippen LogP) is 8.33. The number of unbranched alkanes of at least 4 members (excludes halogenated alkanes) is 1. The van der Waals surface area contributed by atoms with E-state index in [0.717, 1.165) is 49.0 Å². The van der Waals surface area contributed by atoms with E-state index in [9.17, 15) is 8.78 Å². The molecule has 0 saturated heterocycles. The largest absolute Gasteiger partial charge is 0.490 e. The summed E-state index contributed by atoms with van der Waals surface area (Å²) in [5, 5.41) is 0. The molecule has 0 amide bonds. The Morgan fingerprint density at radius 2 is 1.48 bits per heavy atom. The van der Waals surface area contributed by atoms with Gasteiger partial charge in [0.05, 0.1) is 6.61 Å². The Bertz CT molecular complexity index is 641. The zero-order valence-electron chi connectivity index (χ0n) is 18.7. The SMILES string of the molecule is CCCCOc1cc(C)c(C2CCC(C3CCC(CCC)CC3)CC2)c(F)c1F. The van der Waals surface area contributed by atoms with E-state index >= 15 is 0 Å². The fraction of sp³-hybridized carbons (Fsp3) is 0.769. The van der Waals surface area contributed by atoms with Gasteiger partial charge in [-0.1, -0.05) is 46.0 Å². The maximum atomic E-state index is 14.9. The molecule has 2 aliphatic carbocycles. The number of benzene rings is 1. The summed E-state index contributed by atoms with van der Waals surface area (Å²) in [6.45, 7) is 6.70. The fourth-order valence-corrected chi connectivity index (χ4v) is 5.91. The van der Waals surface area contributed by atoms with Gasteiger partial charge in [0.25, 0.3) is 0 Å². The molecule has 2 fully saturated rings. The van der Waals surface area contributed by atoms with E-state index in [1.165, 1.54) is 51.4 Å². The summed E-state index contributed by atoms with van der Waals surface area (Å²) in [6, 6.07) is 1.71. The van der Waals surface area contributed by atoms with Gasteiger partial charge in [-0.05, 0) is 92.7 Å². The smallest absolute Gasteiger partial charge is 0.200 e. The highest BCUT2D eigenvalue weighted by atomic mass is 19.2. The van der Waals surface area contributed by atoms with Gasteiger partial charge in [-0.15, -0.1) is 0 Å². The minimum Gasteiger partial charge on any atom is -0.490 e. The molecule has 29 heavy (non-hydrogen) atoms. The van der Waals surface area contributed by atoms with Gasteiger partial charge >= 0.3 is 0 Å². The molecule has 0 heterocycles. The van der Waals surface area contributed by atoms with E-state index in [2.05, 4.69) is 13.8 Å². The van der Waals surface area contributed by atoms with Gasteiger partial charge in [-0.2, -0.15) is 4.39 Å². The first-order chi connectivity index (χ1) is 14.0. The Balaban J connectivity index is 1.58. The lowest BCUT2D eigenvalue weighted by molar-refractivity contribution is 0.155. The molecule has 0 bridgehead atoms. The van der Waals surface area contributed by atoms with E-state index in [1.807, 2.05) is 6.92 Å². The molecule has 0 radical (unpaired) electrons. The average Bonchev–Trinajstić information content (AvgIpc) is 2.73. The number of aryl methyl sites for hydroxylation is 1. The number of halogens is 2. The van der Waals surface area contributed by atoms with E-state index in [1.54, 1.807) is 6.07 Å². The third-order valence-corrected chi connectivity index (χ3v) is 7.61. The van der Waals surface area contributed by atoms with E-state index < -0.39 is 11.6 Å². The molecule has 0 aliphatic heterocycles. The third kappa shape index (κ3) is 5.52. The molecule has 2 saturated carbocycles. The zero-order valence-corrected chi connectivity index (χ0v) is 18.7. The molecule has 0 unspecified atom stereocenters. The van der Waals surface area contributed by atoms with E-state index in [0.29, 0.717) is 12.2 Å². The van der Waals surface area contributed by atoms with Crippen LogP contribution in [0.2, 0.25) is 0 Å². The molecule has 1 nitrogen and oxygen atoms in total. The van der Waals surface area contributed by atoms with Crippen LogP contribution in [-0.4, -0.2) is 6.61 Å². The van der Waals surface area contributed by atoms with Crippen LogP contribution in [0.1, 0.15) is 108 Å². The number of hydrogen-bond acceptors (Lipinski definition) is 1. The molecule has 0 atom stereocenters. The van der Waals surface area contributed by atoms with Crippen LogP contribution in [0.3, 0.4) is 0 Å². The van der Waals surface area contributed by atoms with Crippen molar-refractivity contribution in [1.29, 1.82) is 0 Å². The van der Waals surface area contributed by atoms with Gasteiger partial charge in [0.15, 0.2) is 11.6 Å². The lowest BCUT2D eigenvalue weighted by atomic mass is 9.67. The van der Waals surface area contributed by atoms with Gasteiger partial charge in [0.1, 0.15) is 0 Å². The topological polar surface area (TPSA) is 9.23 Å². The normalized spacial score (nSPS) is 27.8. The predicted molar refractivity (Wildman–Crippen MR) is 117 cm³/mol. The molecule has 3 heteroatoms. The molecule has 1 aromatic rings. The molecule has 0 aromatic heterocycles. The lowest BCUT2D eigenvalue weighted by Gasteiger charge is -2.38. The second-order valence-corrected chi connectivity index (χ2v) is 9.62. The molecule has 1 aromatic carbocycles. The first kappa shape index (κ1) is 22.6. The van der Waals surface area contributed by atoms with Crippen LogP contribution in [0.25, 0.3) is 0 Å². The van der Waals surface area contributed by atoms with Crippen LogP contribution in [0.4, 0.5) is 8.78 Å². The van der Waals surface area contributed by atoms with Crippen LogP contribution in [0, 0.1) is 36.3 Å². The summed E-state index contributed by atoms with van der Waals surface area (Å²) in [5.41, 5.74) is 1.45. The lowest BCUT2D eigenvalue weighted by Crippen LogP contribution is -2.26. The van der Waals surface area contributed by atoms with Gasteiger partial charge in [-0.3, -0.25) is 0 Å². The Hall–Kier alpha value is -1.12. The first-order valence-electron chi connectivity index (χ1n) is 12.2. The van der Waals surface area contributed by atoms with E-state index in [-0.39, 0.29) is 11.7 Å². The van der Waals surface area contributed by atoms with Crippen molar-refractivity contribution in [3.63, 3.8) is 0 Å². The standard InChI is InChI=1S/C26H40F2O/c1-4-6-16-29-23-17-18(3)24(26(28)25(23)27)22-14-12-21(13-15-22)20-10-8-19(7-5-2)9-11-20/h17,19-22H,4-16H2,1-3H3. The quantitative estimate of drug-likeness (QED) is 0.394. The van der Waals surface area contributed by atoms with Crippen molar-refractivity contribution in [2.45, 2.75) is 104 Å². The first-order valence-corrected chi connectivity index (χ1v) is 12.2. The molecule has 2 aliphatic rings. The van der Waals surface area contributed by atoms with Gasteiger partial charge in [0.2, 0.25) is 5.82 Å². The van der Waals surface area contributed by atoms with Crippen LogP contribution in [0.15, 0.2) is 6.07 Å². The zero-order chi connectivity index (χ0) is 20.8. The van der Waals surface area contributed by atoms with Crippen molar-refractivity contribution in [2.75, 3.05) is 6.61 Å². The van der Waals surface area contributed by atoms with Gasteiger partial charge in [-0.25, -0.2) is 4.39 Å². The highest BCUT2D eigenvalue weighted by Gasteiger charge is 2.33. The average molecular weight is 407 g/mol. The van der Waals surface area contributed by atoms with Crippen molar-refractivity contribution in [3.8, 4) is 5.75 Å². The minimum absolute atomic E-state index is 0.0784. The van der Waals surface area contributed by atoms with E-state index in [4.69, 9.17) is 4.74 Å². The van der Waals surface area contributed by atoms with Crippen LogP contribution in [0.5, 0.6) is 5.75 Å². The fourth-order valence-electron chi connectivity index (χ4n) is 5.91. The summed E-state index contributed by atoms with van der Waals surface area (Å²) in [5.74, 6) is 1.37.